The number of piperazine rings is 1. The van der Waals surface area contributed by atoms with Gasteiger partial charge in [-0.3, -0.25) is 4.90 Å². The van der Waals surface area contributed by atoms with Crippen molar-refractivity contribution in [2.75, 3.05) is 76.0 Å². The van der Waals surface area contributed by atoms with E-state index in [1.165, 1.54) is 12.8 Å². The van der Waals surface area contributed by atoms with Crippen LogP contribution in [0.1, 0.15) is 18.4 Å². The second kappa shape index (κ2) is 12.2. The van der Waals surface area contributed by atoms with Crippen LogP contribution in [0.2, 0.25) is 0 Å². The minimum Gasteiger partial charge on any atom is -0.491 e. The standard InChI is InChI=1S/C30H37N5O4/c1-22-20-31-30-32-24-7-8-27(35-11-9-34(10-12-35)21-26-6-3-13-37-26)28(19-24)39-17-15-36-14-16-38-25-5-2-4-23(18-25)29(22)33-30/h2,4-5,7-8,18-20,26H,3,6,9-17,21H2,1H3,(H,31,32,33). The number of aryl methyl sites for hydroxylation is 1. The van der Waals surface area contributed by atoms with E-state index in [0.717, 1.165) is 79.0 Å². The van der Waals surface area contributed by atoms with Crippen LogP contribution in [0.3, 0.4) is 0 Å². The molecule has 39 heavy (non-hydrogen) atoms. The van der Waals surface area contributed by atoms with Crippen LogP contribution < -0.4 is 19.7 Å². The van der Waals surface area contributed by atoms with Gasteiger partial charge < -0.3 is 29.2 Å². The lowest BCUT2D eigenvalue weighted by atomic mass is 10.1. The molecule has 6 rings (SSSR count). The molecule has 0 saturated carbocycles. The lowest BCUT2D eigenvalue weighted by molar-refractivity contribution is 0.0709. The SMILES string of the molecule is Cc1cnc2nc1-c1cccc(c1)OCCOCCOc1cc(ccc1N1CCN(CC3CCCO3)CC1)N2. The fraction of sp³-hybridized carbons (Fsp3) is 0.467. The third-order valence-corrected chi connectivity index (χ3v) is 7.48. The zero-order valence-electron chi connectivity index (χ0n) is 22.6. The molecule has 0 radical (unpaired) electrons. The lowest BCUT2D eigenvalue weighted by Gasteiger charge is -2.37. The Kier molecular flexibility index (Phi) is 8.08. The number of fused-ring (bicyclic) bond motifs is 7. The molecule has 1 unspecified atom stereocenters. The number of aromatic nitrogens is 2. The van der Waals surface area contributed by atoms with Gasteiger partial charge in [0.2, 0.25) is 5.95 Å². The van der Waals surface area contributed by atoms with Gasteiger partial charge in [-0.15, -0.1) is 0 Å². The van der Waals surface area contributed by atoms with Gasteiger partial charge in [0.1, 0.15) is 24.7 Å². The van der Waals surface area contributed by atoms with Crippen LogP contribution in [0, 0.1) is 6.92 Å². The molecule has 206 valence electrons. The van der Waals surface area contributed by atoms with E-state index in [0.29, 0.717) is 38.5 Å². The van der Waals surface area contributed by atoms with E-state index >= 15 is 0 Å². The van der Waals surface area contributed by atoms with Gasteiger partial charge in [-0.2, -0.15) is 0 Å². The zero-order valence-corrected chi connectivity index (χ0v) is 22.6. The molecule has 1 atom stereocenters. The molecular weight excluding hydrogens is 494 g/mol. The maximum absolute atomic E-state index is 6.28. The van der Waals surface area contributed by atoms with Crippen LogP contribution in [-0.2, 0) is 9.47 Å². The van der Waals surface area contributed by atoms with Gasteiger partial charge in [-0.25, -0.2) is 9.97 Å². The minimum absolute atomic E-state index is 0.393. The first-order valence-corrected chi connectivity index (χ1v) is 14.0. The molecule has 3 aliphatic rings. The Morgan fingerprint density at radius 1 is 0.949 bits per heavy atom. The third-order valence-electron chi connectivity index (χ3n) is 7.48. The van der Waals surface area contributed by atoms with Crippen molar-refractivity contribution < 1.29 is 18.9 Å². The van der Waals surface area contributed by atoms with Gasteiger partial charge in [0.15, 0.2) is 0 Å². The van der Waals surface area contributed by atoms with Crippen molar-refractivity contribution in [3.8, 4) is 22.8 Å². The molecule has 3 aromatic rings. The van der Waals surface area contributed by atoms with E-state index in [9.17, 15) is 0 Å². The number of ether oxygens (including phenoxy) is 4. The molecule has 9 nitrogen and oxygen atoms in total. The number of rotatable bonds is 3. The van der Waals surface area contributed by atoms with Crippen LogP contribution in [0.4, 0.5) is 17.3 Å². The Bertz CT molecular complexity index is 1260. The largest absolute Gasteiger partial charge is 0.491 e. The monoisotopic (exact) mass is 531 g/mol. The summed E-state index contributed by atoms with van der Waals surface area (Å²) in [4.78, 5) is 14.3. The summed E-state index contributed by atoms with van der Waals surface area (Å²) in [6, 6.07) is 14.2. The van der Waals surface area contributed by atoms with Crippen LogP contribution >= 0.6 is 0 Å². The molecule has 6 bridgehead atoms. The first-order valence-electron chi connectivity index (χ1n) is 14.0. The molecule has 2 fully saturated rings. The summed E-state index contributed by atoms with van der Waals surface area (Å²) < 4.78 is 23.9. The van der Waals surface area contributed by atoms with E-state index in [1.807, 2.05) is 43.5 Å². The fourth-order valence-electron chi connectivity index (χ4n) is 5.40. The number of hydrogen-bond acceptors (Lipinski definition) is 9. The van der Waals surface area contributed by atoms with Crippen LogP contribution in [0.5, 0.6) is 11.5 Å². The van der Waals surface area contributed by atoms with Gasteiger partial charge in [0.25, 0.3) is 0 Å². The molecule has 3 aliphatic heterocycles. The fourth-order valence-corrected chi connectivity index (χ4v) is 5.40. The number of benzene rings is 2. The van der Waals surface area contributed by atoms with E-state index in [1.54, 1.807) is 0 Å². The molecule has 0 aliphatic carbocycles. The molecular formula is C30H37N5O4. The second-order valence-corrected chi connectivity index (χ2v) is 10.3. The molecule has 0 amide bonds. The summed E-state index contributed by atoms with van der Waals surface area (Å²) in [6.07, 6.45) is 4.61. The summed E-state index contributed by atoms with van der Waals surface area (Å²) in [5, 5.41) is 3.39. The normalized spacial score (nSPS) is 20.4. The number of nitrogens with one attached hydrogen (secondary N) is 1. The van der Waals surface area contributed by atoms with Gasteiger partial charge in [0.05, 0.1) is 30.7 Å². The Morgan fingerprint density at radius 2 is 1.82 bits per heavy atom. The molecule has 2 saturated heterocycles. The highest BCUT2D eigenvalue weighted by atomic mass is 16.5. The smallest absolute Gasteiger partial charge is 0.227 e. The van der Waals surface area contributed by atoms with Crippen molar-refractivity contribution in [3.63, 3.8) is 0 Å². The molecule has 2 aromatic carbocycles. The molecule has 4 heterocycles. The molecule has 1 N–H and O–H groups in total. The van der Waals surface area contributed by atoms with E-state index in [2.05, 4.69) is 32.2 Å². The molecule has 1 aromatic heterocycles. The summed E-state index contributed by atoms with van der Waals surface area (Å²) in [5.41, 5.74) is 4.83. The third kappa shape index (κ3) is 6.43. The summed E-state index contributed by atoms with van der Waals surface area (Å²) >= 11 is 0. The second-order valence-electron chi connectivity index (χ2n) is 10.3. The predicted octanol–water partition coefficient (Wildman–Crippen LogP) is 4.28. The van der Waals surface area contributed by atoms with Gasteiger partial charge in [-0.1, -0.05) is 12.1 Å². The predicted molar refractivity (Wildman–Crippen MR) is 151 cm³/mol. The van der Waals surface area contributed by atoms with Gasteiger partial charge in [0, 0.05) is 62.8 Å². The van der Waals surface area contributed by atoms with Crippen molar-refractivity contribution in [3.05, 3.63) is 54.2 Å². The lowest BCUT2D eigenvalue weighted by Crippen LogP contribution is -2.48. The van der Waals surface area contributed by atoms with Crippen LogP contribution in [0.15, 0.2) is 48.7 Å². The van der Waals surface area contributed by atoms with Crippen molar-refractivity contribution in [1.29, 1.82) is 0 Å². The highest BCUT2D eigenvalue weighted by Gasteiger charge is 2.24. The maximum atomic E-state index is 6.28. The number of anilines is 3. The first kappa shape index (κ1) is 25.9. The van der Waals surface area contributed by atoms with Gasteiger partial charge in [-0.05, 0) is 49.6 Å². The highest BCUT2D eigenvalue weighted by molar-refractivity contribution is 5.69. The zero-order chi connectivity index (χ0) is 26.4. The van der Waals surface area contributed by atoms with Crippen LogP contribution in [0.25, 0.3) is 11.3 Å². The Morgan fingerprint density at radius 3 is 2.67 bits per heavy atom. The Hall–Kier alpha value is -3.40. The van der Waals surface area contributed by atoms with Crippen LogP contribution in [-0.4, -0.2) is 86.7 Å². The maximum Gasteiger partial charge on any atom is 0.227 e. The topological polar surface area (TPSA) is 81.2 Å². The number of hydrogen-bond donors (Lipinski definition) is 1. The molecule has 9 heteroatoms. The Labute approximate surface area is 230 Å². The molecule has 0 spiro atoms. The van der Waals surface area contributed by atoms with Gasteiger partial charge >= 0.3 is 0 Å². The summed E-state index contributed by atoms with van der Waals surface area (Å²) in [5.74, 6) is 2.16. The van der Waals surface area contributed by atoms with Crippen molar-refractivity contribution in [2.45, 2.75) is 25.9 Å². The van der Waals surface area contributed by atoms with Crippen molar-refractivity contribution >= 4 is 17.3 Å². The van der Waals surface area contributed by atoms with Crippen molar-refractivity contribution in [2.24, 2.45) is 0 Å². The van der Waals surface area contributed by atoms with E-state index in [-0.39, 0.29) is 0 Å². The average molecular weight is 532 g/mol. The quantitative estimate of drug-likeness (QED) is 0.532. The highest BCUT2D eigenvalue weighted by Crippen LogP contribution is 2.34. The Balaban J connectivity index is 1.22. The minimum atomic E-state index is 0.393. The number of nitrogens with zero attached hydrogens (tertiary/aromatic N) is 4. The average Bonchev–Trinajstić information content (AvgIpc) is 3.47. The first-order chi connectivity index (χ1) is 19.2. The van der Waals surface area contributed by atoms with E-state index < -0.39 is 0 Å². The summed E-state index contributed by atoms with van der Waals surface area (Å²) in [6.45, 7) is 9.79. The van der Waals surface area contributed by atoms with E-state index in [4.69, 9.17) is 23.9 Å². The van der Waals surface area contributed by atoms with Crippen molar-refractivity contribution in [1.82, 2.24) is 14.9 Å². The summed E-state index contributed by atoms with van der Waals surface area (Å²) in [7, 11) is 0.